The largest absolute Gasteiger partial charge is 0.481 e. The van der Waals surface area contributed by atoms with E-state index in [1.807, 2.05) is 58.0 Å². The van der Waals surface area contributed by atoms with E-state index in [2.05, 4.69) is 5.32 Å². The van der Waals surface area contributed by atoms with E-state index in [4.69, 9.17) is 23.2 Å². The Morgan fingerprint density at radius 2 is 1.76 bits per heavy atom. The smallest absolute Gasteiger partial charge is 0.304 e. The van der Waals surface area contributed by atoms with Crippen LogP contribution in [0.5, 0.6) is 0 Å². The lowest BCUT2D eigenvalue weighted by atomic mass is 9.67. The molecule has 2 aromatic rings. The summed E-state index contributed by atoms with van der Waals surface area (Å²) in [5.74, 6) is -1.96. The van der Waals surface area contributed by atoms with Gasteiger partial charge in [0.1, 0.15) is 6.04 Å². The van der Waals surface area contributed by atoms with Crippen molar-refractivity contribution < 1.29 is 19.5 Å². The fraction of sp³-hybridized carbons (Fsp3) is 0.483. The van der Waals surface area contributed by atoms with Crippen molar-refractivity contribution in [2.24, 2.45) is 10.8 Å². The van der Waals surface area contributed by atoms with Crippen LogP contribution in [0, 0.1) is 10.8 Å². The van der Waals surface area contributed by atoms with Crippen LogP contribution in [-0.4, -0.2) is 40.4 Å². The van der Waals surface area contributed by atoms with E-state index in [0.29, 0.717) is 29.4 Å². The maximum atomic E-state index is 14.2. The molecule has 1 fully saturated rings. The molecule has 1 saturated heterocycles. The summed E-state index contributed by atoms with van der Waals surface area (Å²) in [6.07, 6.45) is 0.326. The van der Waals surface area contributed by atoms with Crippen LogP contribution >= 0.6 is 23.2 Å². The van der Waals surface area contributed by atoms with Gasteiger partial charge in [-0.05, 0) is 53.6 Å². The van der Waals surface area contributed by atoms with Gasteiger partial charge >= 0.3 is 5.97 Å². The summed E-state index contributed by atoms with van der Waals surface area (Å²) in [4.78, 5) is 41.3. The third kappa shape index (κ3) is 6.85. The minimum atomic E-state index is -1.21. The number of likely N-dealkylation sites (tertiary alicyclic amines) is 1. The van der Waals surface area contributed by atoms with Gasteiger partial charge in [-0.25, -0.2) is 0 Å². The highest BCUT2D eigenvalue weighted by Crippen LogP contribution is 2.52. The van der Waals surface area contributed by atoms with Gasteiger partial charge in [-0.2, -0.15) is 0 Å². The number of nitrogens with one attached hydrogen (secondary N) is 1. The first-order valence-corrected chi connectivity index (χ1v) is 13.3. The Kier molecular flexibility index (Phi) is 8.97. The molecule has 1 aliphatic rings. The van der Waals surface area contributed by atoms with Gasteiger partial charge in [0, 0.05) is 22.5 Å². The second kappa shape index (κ2) is 11.4. The molecule has 0 spiro atoms. The quantitative estimate of drug-likeness (QED) is 0.397. The first-order valence-electron chi connectivity index (χ1n) is 12.6. The van der Waals surface area contributed by atoms with Gasteiger partial charge in [0.15, 0.2) is 0 Å². The molecule has 1 aliphatic heterocycles. The number of hydrogen-bond donors (Lipinski definition) is 2. The number of hydrogen-bond acceptors (Lipinski definition) is 3. The number of piperidine rings is 1. The van der Waals surface area contributed by atoms with Crippen molar-refractivity contribution in [3.05, 3.63) is 69.7 Å². The van der Waals surface area contributed by atoms with Crippen molar-refractivity contribution in [2.45, 2.75) is 71.9 Å². The topological polar surface area (TPSA) is 86.7 Å². The van der Waals surface area contributed by atoms with Crippen LogP contribution in [0.2, 0.25) is 10.0 Å². The molecule has 0 radical (unpaired) electrons. The lowest BCUT2D eigenvalue weighted by Gasteiger charge is -2.51. The summed E-state index contributed by atoms with van der Waals surface area (Å²) in [5.41, 5.74) is 0.351. The number of carboxylic acid groups (broad SMARTS) is 1. The summed E-state index contributed by atoms with van der Waals surface area (Å²) in [7, 11) is 0. The third-order valence-corrected chi connectivity index (χ3v) is 7.44. The highest BCUT2D eigenvalue weighted by atomic mass is 35.5. The molecule has 2 aromatic carbocycles. The van der Waals surface area contributed by atoms with E-state index in [-0.39, 0.29) is 29.6 Å². The molecule has 6 nitrogen and oxygen atoms in total. The molecule has 37 heavy (non-hydrogen) atoms. The number of rotatable bonds is 8. The maximum Gasteiger partial charge on any atom is 0.304 e. The van der Waals surface area contributed by atoms with E-state index in [0.717, 1.165) is 11.1 Å². The van der Waals surface area contributed by atoms with Crippen LogP contribution in [0.15, 0.2) is 48.5 Å². The molecule has 0 bridgehead atoms. The lowest BCUT2D eigenvalue weighted by Crippen LogP contribution is -2.59. The number of carbonyl (C=O) groups excluding carboxylic acids is 2. The van der Waals surface area contributed by atoms with Gasteiger partial charge in [0.25, 0.3) is 0 Å². The molecule has 8 heteroatoms. The lowest BCUT2D eigenvalue weighted by molar-refractivity contribution is -0.163. The van der Waals surface area contributed by atoms with Crippen molar-refractivity contribution in [2.75, 3.05) is 6.54 Å². The summed E-state index contributed by atoms with van der Waals surface area (Å²) in [6.45, 7) is 10.1. The number of aliphatic carboxylic acids is 1. The summed E-state index contributed by atoms with van der Waals surface area (Å²) in [6, 6.07) is 13.4. The van der Waals surface area contributed by atoms with Crippen LogP contribution < -0.4 is 5.32 Å². The van der Waals surface area contributed by atoms with Crippen molar-refractivity contribution in [3.8, 4) is 0 Å². The Morgan fingerprint density at radius 3 is 2.30 bits per heavy atom. The number of carboxylic acids is 1. The highest BCUT2D eigenvalue weighted by molar-refractivity contribution is 6.30. The number of amides is 2. The second-order valence-electron chi connectivity index (χ2n) is 11.4. The van der Waals surface area contributed by atoms with E-state index in [1.165, 1.54) is 0 Å². The molecule has 200 valence electrons. The molecule has 2 N–H and O–H groups in total. The van der Waals surface area contributed by atoms with E-state index in [9.17, 15) is 19.5 Å². The van der Waals surface area contributed by atoms with E-state index in [1.54, 1.807) is 30.0 Å². The Balaban J connectivity index is 2.21. The Hall–Kier alpha value is -2.57. The molecular formula is C29H36Cl2N2O4. The molecule has 1 heterocycles. The number of carbonyl (C=O) groups is 3. The average Bonchev–Trinajstić information content (AvgIpc) is 2.80. The number of benzene rings is 2. The van der Waals surface area contributed by atoms with E-state index >= 15 is 0 Å². The normalized spacial score (nSPS) is 23.0. The van der Waals surface area contributed by atoms with E-state index < -0.39 is 23.5 Å². The van der Waals surface area contributed by atoms with Gasteiger partial charge < -0.3 is 15.3 Å². The molecule has 0 unspecified atom stereocenters. The summed E-state index contributed by atoms with van der Waals surface area (Å²) in [5, 5.41) is 13.9. The fourth-order valence-electron chi connectivity index (χ4n) is 5.20. The third-order valence-electron chi connectivity index (χ3n) is 6.95. The standard InChI is InChI=1S/C29H36Cl2N2O4/c1-6-23(26(36)32-17-28(2,3)4)33-25(18-10-12-20(30)13-11-18)22(19-8-7-9-21(31)14-19)15-29(5,27(33)37)16-24(34)35/h7-14,22-23,25H,6,15-17H2,1-5H3,(H,32,36)(H,34,35)/t22-,23+,25-,29-/m1/s1. The molecule has 0 aromatic heterocycles. The van der Waals surface area contributed by atoms with Gasteiger partial charge in [-0.3, -0.25) is 14.4 Å². The summed E-state index contributed by atoms with van der Waals surface area (Å²) < 4.78 is 0. The van der Waals surface area contributed by atoms with Crippen molar-refractivity contribution in [1.82, 2.24) is 10.2 Å². The second-order valence-corrected chi connectivity index (χ2v) is 12.3. The predicted octanol–water partition coefficient (Wildman–Crippen LogP) is 6.47. The van der Waals surface area contributed by atoms with Crippen molar-refractivity contribution in [1.29, 1.82) is 0 Å². The average molecular weight is 548 g/mol. The van der Waals surface area contributed by atoms with Gasteiger partial charge in [0.05, 0.1) is 17.9 Å². The molecular weight excluding hydrogens is 511 g/mol. The molecule has 0 aliphatic carbocycles. The van der Waals surface area contributed by atoms with Crippen LogP contribution in [0.4, 0.5) is 0 Å². The fourth-order valence-corrected chi connectivity index (χ4v) is 5.53. The van der Waals surface area contributed by atoms with Gasteiger partial charge in [-0.15, -0.1) is 0 Å². The Bertz CT molecular complexity index is 1150. The van der Waals surface area contributed by atoms with Gasteiger partial charge in [-0.1, -0.05) is 82.1 Å². The first-order chi connectivity index (χ1) is 17.3. The van der Waals surface area contributed by atoms with Crippen molar-refractivity contribution in [3.63, 3.8) is 0 Å². The Morgan fingerprint density at radius 1 is 1.11 bits per heavy atom. The number of halogens is 2. The zero-order valence-electron chi connectivity index (χ0n) is 22.1. The van der Waals surface area contributed by atoms with Crippen LogP contribution in [0.1, 0.15) is 77.0 Å². The minimum Gasteiger partial charge on any atom is -0.481 e. The zero-order valence-corrected chi connectivity index (χ0v) is 23.6. The maximum absolute atomic E-state index is 14.2. The minimum absolute atomic E-state index is 0.142. The molecule has 4 atom stereocenters. The van der Waals surface area contributed by atoms with Crippen LogP contribution in [0.3, 0.4) is 0 Å². The molecule has 0 saturated carbocycles. The van der Waals surface area contributed by atoms with Crippen LogP contribution in [0.25, 0.3) is 0 Å². The monoisotopic (exact) mass is 546 g/mol. The SMILES string of the molecule is CC[C@@H](C(=O)NCC(C)(C)C)N1C(=O)[C@@](C)(CC(=O)O)C[C@H](c2cccc(Cl)c2)[C@H]1c1ccc(Cl)cc1. The summed E-state index contributed by atoms with van der Waals surface area (Å²) >= 11 is 12.6. The predicted molar refractivity (Wildman–Crippen MR) is 147 cm³/mol. The van der Waals surface area contributed by atoms with Gasteiger partial charge in [0.2, 0.25) is 11.8 Å². The molecule has 3 rings (SSSR count). The molecule has 2 amide bonds. The highest BCUT2D eigenvalue weighted by Gasteiger charge is 2.53. The Labute approximate surface area is 229 Å². The van der Waals surface area contributed by atoms with Crippen molar-refractivity contribution >= 4 is 41.0 Å². The zero-order chi connectivity index (χ0) is 27.5. The first kappa shape index (κ1) is 29.0. The number of nitrogens with zero attached hydrogens (tertiary/aromatic N) is 1. The van der Waals surface area contributed by atoms with Crippen LogP contribution in [-0.2, 0) is 14.4 Å².